The highest BCUT2D eigenvalue weighted by molar-refractivity contribution is 9.10. The van der Waals surface area contributed by atoms with Crippen LogP contribution in [0, 0.1) is 11.3 Å². The number of aliphatic imine (C=N–C) groups is 1. The van der Waals surface area contributed by atoms with Gasteiger partial charge in [0.05, 0.1) is 0 Å². The summed E-state index contributed by atoms with van der Waals surface area (Å²) in [6.45, 7) is 6.21. The second kappa shape index (κ2) is 8.01. The molecular formula is C25H28BrNO5. The molecule has 0 bridgehead atoms. The Morgan fingerprint density at radius 3 is 2.56 bits per heavy atom. The number of rotatable bonds is 3. The molecule has 0 amide bonds. The predicted molar refractivity (Wildman–Crippen MR) is 123 cm³/mol. The number of ether oxygens (including phenoxy) is 3. The van der Waals surface area contributed by atoms with Crippen molar-refractivity contribution in [3.63, 3.8) is 0 Å². The number of fused-ring (bicyclic) bond motifs is 1. The molecule has 1 unspecified atom stereocenters. The number of hydrogen-bond acceptors (Lipinski definition) is 6. The number of hydrogen-bond donors (Lipinski definition) is 0. The van der Waals surface area contributed by atoms with Crippen LogP contribution in [0.2, 0.25) is 0 Å². The van der Waals surface area contributed by atoms with Crippen LogP contribution in [-0.4, -0.2) is 30.4 Å². The Labute approximate surface area is 196 Å². The minimum Gasteiger partial charge on any atom is -0.462 e. The zero-order chi connectivity index (χ0) is 22.6. The average Bonchev–Trinajstić information content (AvgIpc) is 3.36. The number of ketones is 1. The summed E-state index contributed by atoms with van der Waals surface area (Å²) in [5.41, 5.74) is 2.81. The van der Waals surface area contributed by atoms with Crippen molar-refractivity contribution in [1.82, 2.24) is 0 Å². The van der Waals surface area contributed by atoms with Crippen LogP contribution in [0.15, 0.2) is 32.9 Å². The van der Waals surface area contributed by atoms with Gasteiger partial charge in [-0.1, -0.05) is 29.8 Å². The standard InChI is InChI=1S/C25H28BrNO5/c1-13-21(24(29)32-14-6-4-5-7-14)22(15-8-19-20(9-16(15)26)31-12-30-19)23-17(27-13)10-25(2,3)11-18(23)28/h8-9,14,21-22H,4-7,10-12H2,1-3H3/t21?,22-/m1/s1. The lowest BCUT2D eigenvalue weighted by atomic mass is 9.67. The predicted octanol–water partition coefficient (Wildman–Crippen LogP) is 5.48. The Morgan fingerprint density at radius 2 is 1.84 bits per heavy atom. The number of esters is 1. The molecule has 0 spiro atoms. The number of carbonyl (C=O) groups excluding carboxylic acids is 2. The van der Waals surface area contributed by atoms with Crippen molar-refractivity contribution in [1.29, 1.82) is 0 Å². The Balaban J connectivity index is 1.62. The molecule has 7 heteroatoms. The number of carbonyl (C=O) groups is 2. The number of benzene rings is 1. The summed E-state index contributed by atoms with van der Waals surface area (Å²) in [4.78, 5) is 31.7. The van der Waals surface area contributed by atoms with E-state index >= 15 is 0 Å². The first-order valence-corrected chi connectivity index (χ1v) is 12.1. The van der Waals surface area contributed by atoms with E-state index in [2.05, 4.69) is 29.8 Å². The van der Waals surface area contributed by atoms with Crippen LogP contribution >= 0.6 is 15.9 Å². The summed E-state index contributed by atoms with van der Waals surface area (Å²) >= 11 is 3.67. The topological polar surface area (TPSA) is 74.2 Å². The molecule has 2 aliphatic heterocycles. The molecule has 1 aromatic rings. The second-order valence-electron chi connectivity index (χ2n) is 10.1. The fraction of sp³-hybridized carbons (Fsp3) is 0.560. The molecule has 2 aliphatic carbocycles. The third kappa shape index (κ3) is 3.78. The van der Waals surface area contributed by atoms with Gasteiger partial charge in [-0.25, -0.2) is 0 Å². The van der Waals surface area contributed by atoms with Crippen molar-refractivity contribution in [3.8, 4) is 11.5 Å². The summed E-state index contributed by atoms with van der Waals surface area (Å²) in [6.07, 6.45) is 5.04. The molecule has 1 fully saturated rings. The minimum absolute atomic E-state index is 0.0486. The molecule has 0 aromatic heterocycles. The molecule has 1 saturated carbocycles. The summed E-state index contributed by atoms with van der Waals surface area (Å²) in [5, 5.41) is 0. The number of Topliss-reactive ketones (excluding diaryl/α,β-unsaturated/α-hetero) is 1. The number of halogens is 1. The molecule has 0 saturated heterocycles. The van der Waals surface area contributed by atoms with Crippen molar-refractivity contribution in [3.05, 3.63) is 33.4 Å². The van der Waals surface area contributed by atoms with Gasteiger partial charge >= 0.3 is 5.97 Å². The van der Waals surface area contributed by atoms with Crippen LogP contribution in [0.3, 0.4) is 0 Å². The van der Waals surface area contributed by atoms with E-state index in [0.29, 0.717) is 35.6 Å². The molecular weight excluding hydrogens is 474 g/mol. The normalized spacial score (nSPS) is 26.8. The van der Waals surface area contributed by atoms with Crippen LogP contribution in [-0.2, 0) is 14.3 Å². The van der Waals surface area contributed by atoms with E-state index in [9.17, 15) is 9.59 Å². The number of allylic oxidation sites excluding steroid dienone is 2. The zero-order valence-electron chi connectivity index (χ0n) is 18.7. The molecule has 4 aliphatic rings. The highest BCUT2D eigenvalue weighted by atomic mass is 79.9. The molecule has 5 rings (SSSR count). The SMILES string of the molecule is CC1=NC2=C(C(=O)CC(C)(C)C2)[C@H](c2cc3c(cc2Br)OCO3)C1C(=O)OC1CCCC1. The van der Waals surface area contributed by atoms with Gasteiger partial charge in [0.2, 0.25) is 6.79 Å². The molecule has 1 aromatic carbocycles. The average molecular weight is 502 g/mol. The second-order valence-corrected chi connectivity index (χ2v) is 10.9. The lowest BCUT2D eigenvalue weighted by Gasteiger charge is -2.39. The Morgan fingerprint density at radius 1 is 1.16 bits per heavy atom. The van der Waals surface area contributed by atoms with Gasteiger partial charge in [-0.05, 0) is 62.1 Å². The highest BCUT2D eigenvalue weighted by Crippen LogP contribution is 2.51. The third-order valence-corrected chi connectivity index (χ3v) is 7.65. The number of nitrogens with zero attached hydrogens (tertiary/aromatic N) is 1. The van der Waals surface area contributed by atoms with Crippen molar-refractivity contribution in [2.45, 2.75) is 71.3 Å². The Kier molecular flexibility index (Phi) is 5.43. The molecule has 2 atom stereocenters. The van der Waals surface area contributed by atoms with E-state index < -0.39 is 11.8 Å². The van der Waals surface area contributed by atoms with Gasteiger partial charge in [-0.2, -0.15) is 0 Å². The van der Waals surface area contributed by atoms with Crippen LogP contribution < -0.4 is 9.47 Å². The fourth-order valence-electron chi connectivity index (χ4n) is 5.50. The van der Waals surface area contributed by atoms with Gasteiger partial charge in [-0.15, -0.1) is 0 Å². The highest BCUT2D eigenvalue weighted by Gasteiger charge is 2.47. The monoisotopic (exact) mass is 501 g/mol. The van der Waals surface area contributed by atoms with Gasteiger partial charge < -0.3 is 14.2 Å². The van der Waals surface area contributed by atoms with Gasteiger partial charge in [0.25, 0.3) is 0 Å². The quantitative estimate of drug-likeness (QED) is 0.512. The van der Waals surface area contributed by atoms with E-state index in [1.165, 1.54) is 0 Å². The van der Waals surface area contributed by atoms with Crippen molar-refractivity contribution < 1.29 is 23.8 Å². The third-order valence-electron chi connectivity index (χ3n) is 6.97. The Bertz CT molecular complexity index is 1050. The maximum Gasteiger partial charge on any atom is 0.315 e. The largest absolute Gasteiger partial charge is 0.462 e. The van der Waals surface area contributed by atoms with E-state index in [1.54, 1.807) is 0 Å². The molecule has 6 nitrogen and oxygen atoms in total. The molecule has 0 N–H and O–H groups in total. The van der Waals surface area contributed by atoms with E-state index in [1.807, 2.05) is 19.1 Å². The van der Waals surface area contributed by atoms with Crippen molar-refractivity contribution in [2.24, 2.45) is 16.3 Å². The maximum atomic E-state index is 13.5. The minimum atomic E-state index is -0.642. The van der Waals surface area contributed by atoms with E-state index in [0.717, 1.165) is 41.4 Å². The molecule has 0 radical (unpaired) electrons. The zero-order valence-corrected chi connectivity index (χ0v) is 20.3. The smallest absolute Gasteiger partial charge is 0.315 e. The summed E-state index contributed by atoms with van der Waals surface area (Å²) in [5.74, 6) is -0.0769. The van der Waals surface area contributed by atoms with Crippen LogP contribution in [0.1, 0.15) is 70.8 Å². The van der Waals surface area contributed by atoms with E-state index in [4.69, 9.17) is 19.2 Å². The molecule has 2 heterocycles. The van der Waals surface area contributed by atoms with Crippen molar-refractivity contribution >= 4 is 33.4 Å². The van der Waals surface area contributed by atoms with Crippen LogP contribution in [0.4, 0.5) is 0 Å². The van der Waals surface area contributed by atoms with Crippen LogP contribution in [0.25, 0.3) is 0 Å². The Hall–Kier alpha value is -2.15. The van der Waals surface area contributed by atoms with Crippen molar-refractivity contribution in [2.75, 3.05) is 6.79 Å². The summed E-state index contributed by atoms with van der Waals surface area (Å²) < 4.78 is 17.9. The summed E-state index contributed by atoms with van der Waals surface area (Å²) in [6, 6.07) is 3.75. The van der Waals surface area contributed by atoms with Gasteiger partial charge in [0.1, 0.15) is 12.0 Å². The first-order chi connectivity index (χ1) is 15.2. The van der Waals surface area contributed by atoms with Gasteiger partial charge in [0.15, 0.2) is 17.3 Å². The fourth-order valence-corrected chi connectivity index (χ4v) is 6.07. The maximum absolute atomic E-state index is 13.5. The molecule has 32 heavy (non-hydrogen) atoms. The first-order valence-electron chi connectivity index (χ1n) is 11.3. The van der Waals surface area contributed by atoms with Gasteiger partial charge in [0, 0.05) is 33.8 Å². The molecule has 170 valence electrons. The summed E-state index contributed by atoms with van der Waals surface area (Å²) in [7, 11) is 0. The lowest BCUT2D eigenvalue weighted by molar-refractivity contribution is -0.151. The van der Waals surface area contributed by atoms with Gasteiger partial charge in [-0.3, -0.25) is 14.6 Å². The van der Waals surface area contributed by atoms with Crippen LogP contribution in [0.5, 0.6) is 11.5 Å². The first kappa shape index (κ1) is 21.7. The van der Waals surface area contributed by atoms with E-state index in [-0.39, 0.29) is 30.1 Å². The lowest BCUT2D eigenvalue weighted by Crippen LogP contribution is -2.40.